The second kappa shape index (κ2) is 10.4. The summed E-state index contributed by atoms with van der Waals surface area (Å²) in [6.45, 7) is 0.221. The minimum atomic E-state index is -1.08. The summed E-state index contributed by atoms with van der Waals surface area (Å²) in [5.74, 6) is -2.54. The summed E-state index contributed by atoms with van der Waals surface area (Å²) in [4.78, 5) is 11.3. The minimum absolute atomic E-state index is 0.0671. The molecule has 37 heavy (non-hydrogen) atoms. The van der Waals surface area contributed by atoms with Crippen LogP contribution in [0.1, 0.15) is 48.0 Å². The van der Waals surface area contributed by atoms with Crippen LogP contribution in [0.5, 0.6) is 5.75 Å². The third-order valence-corrected chi connectivity index (χ3v) is 7.94. The lowest BCUT2D eigenvalue weighted by Crippen LogP contribution is -2.51. The molecule has 194 valence electrons. The second-order valence-corrected chi connectivity index (χ2v) is 10.5. The standard InChI is InChI=1S/C28H26Cl2F2N2O3/c29-19-9-7-18(8-10-19)28(33-24-13-22(31)23(32)14-25(24)34-28)20(16-4-2-1-3-5-16)15-37-26-11-6-17(27(35)36)12-21(26)30/h6-14,16,20,33-34H,1-5,15H2,(H,35,36). The van der Waals surface area contributed by atoms with E-state index in [1.807, 2.05) is 12.1 Å². The predicted octanol–water partition coefficient (Wildman–Crippen LogP) is 7.94. The van der Waals surface area contributed by atoms with Gasteiger partial charge in [0.1, 0.15) is 11.4 Å². The van der Waals surface area contributed by atoms with Gasteiger partial charge in [-0.05, 0) is 54.7 Å². The van der Waals surface area contributed by atoms with Gasteiger partial charge >= 0.3 is 5.97 Å². The number of hydrogen-bond acceptors (Lipinski definition) is 4. The van der Waals surface area contributed by atoms with Crippen molar-refractivity contribution in [1.29, 1.82) is 0 Å². The van der Waals surface area contributed by atoms with E-state index in [2.05, 4.69) is 10.6 Å². The number of halogens is 4. The van der Waals surface area contributed by atoms with Crippen LogP contribution in [-0.4, -0.2) is 17.7 Å². The van der Waals surface area contributed by atoms with Gasteiger partial charge in [-0.1, -0.05) is 54.6 Å². The average Bonchev–Trinajstić information content (AvgIpc) is 3.25. The van der Waals surface area contributed by atoms with E-state index < -0.39 is 23.3 Å². The van der Waals surface area contributed by atoms with E-state index in [9.17, 15) is 18.7 Å². The Morgan fingerprint density at radius 3 is 2.16 bits per heavy atom. The first kappa shape index (κ1) is 25.6. The summed E-state index contributed by atoms with van der Waals surface area (Å²) in [5.41, 5.74) is 0.887. The smallest absolute Gasteiger partial charge is 0.335 e. The molecule has 1 saturated carbocycles. The predicted molar refractivity (Wildman–Crippen MR) is 141 cm³/mol. The fourth-order valence-corrected chi connectivity index (χ4v) is 5.91. The van der Waals surface area contributed by atoms with E-state index in [4.69, 9.17) is 27.9 Å². The van der Waals surface area contributed by atoms with Gasteiger partial charge in [0.25, 0.3) is 0 Å². The number of aromatic carboxylic acids is 1. The Labute approximate surface area is 223 Å². The zero-order valence-electron chi connectivity index (χ0n) is 19.9. The van der Waals surface area contributed by atoms with Gasteiger partial charge in [0.15, 0.2) is 11.6 Å². The largest absolute Gasteiger partial charge is 0.492 e. The van der Waals surface area contributed by atoms with E-state index in [-0.39, 0.29) is 29.0 Å². The number of benzene rings is 3. The Morgan fingerprint density at radius 2 is 1.59 bits per heavy atom. The number of hydrogen-bond donors (Lipinski definition) is 3. The lowest BCUT2D eigenvalue weighted by atomic mass is 9.72. The maximum Gasteiger partial charge on any atom is 0.335 e. The summed E-state index contributed by atoms with van der Waals surface area (Å²) in [6.07, 6.45) is 5.23. The van der Waals surface area contributed by atoms with E-state index in [0.717, 1.165) is 49.8 Å². The highest BCUT2D eigenvalue weighted by Gasteiger charge is 2.49. The van der Waals surface area contributed by atoms with Crippen molar-refractivity contribution >= 4 is 40.5 Å². The molecular weight excluding hydrogens is 521 g/mol. The molecule has 1 unspecified atom stereocenters. The van der Waals surface area contributed by atoms with Crippen LogP contribution in [0.15, 0.2) is 54.6 Å². The molecule has 1 fully saturated rings. The quantitative estimate of drug-likeness (QED) is 0.280. The number of anilines is 2. The number of nitrogens with one attached hydrogen (secondary N) is 2. The van der Waals surface area contributed by atoms with Gasteiger partial charge in [-0.25, -0.2) is 13.6 Å². The number of carboxylic acids is 1. The molecule has 3 N–H and O–H groups in total. The molecule has 2 aliphatic rings. The van der Waals surface area contributed by atoms with E-state index in [1.165, 1.54) is 12.1 Å². The van der Waals surface area contributed by atoms with E-state index in [1.54, 1.807) is 18.2 Å². The van der Waals surface area contributed by atoms with E-state index >= 15 is 0 Å². The van der Waals surface area contributed by atoms with Gasteiger partial charge < -0.3 is 20.5 Å². The normalized spacial score (nSPS) is 17.4. The summed E-state index contributed by atoms with van der Waals surface area (Å²) in [7, 11) is 0. The molecule has 0 aromatic heterocycles. The highest BCUT2D eigenvalue weighted by atomic mass is 35.5. The SMILES string of the molecule is O=C(O)c1ccc(OCC(C2CCCCC2)C2(c3ccc(Cl)cc3)Nc3cc(F)c(F)cc3N2)c(Cl)c1. The van der Waals surface area contributed by atoms with Crippen molar-refractivity contribution in [2.45, 2.75) is 37.8 Å². The van der Waals surface area contributed by atoms with E-state index in [0.29, 0.717) is 22.1 Å². The Hall–Kier alpha value is -3.03. The Balaban J connectivity index is 1.55. The zero-order valence-corrected chi connectivity index (χ0v) is 21.4. The monoisotopic (exact) mass is 546 g/mol. The molecule has 3 aromatic rings. The Bertz CT molecular complexity index is 1280. The third-order valence-electron chi connectivity index (χ3n) is 7.40. The molecule has 0 saturated heterocycles. The number of ether oxygens (including phenoxy) is 1. The van der Waals surface area contributed by atoms with Crippen molar-refractivity contribution in [3.05, 3.63) is 87.4 Å². The molecule has 9 heteroatoms. The zero-order chi connectivity index (χ0) is 26.2. The van der Waals surface area contributed by atoms with Crippen LogP contribution in [0.4, 0.5) is 20.2 Å². The van der Waals surface area contributed by atoms with Crippen molar-refractivity contribution in [3.8, 4) is 5.75 Å². The summed E-state index contributed by atoms with van der Waals surface area (Å²) in [5, 5.41) is 17.0. The molecule has 5 nitrogen and oxygen atoms in total. The highest BCUT2D eigenvalue weighted by Crippen LogP contribution is 2.49. The van der Waals surface area contributed by atoms with Gasteiger partial charge in [0.2, 0.25) is 0 Å². The van der Waals surface area contributed by atoms with Crippen LogP contribution < -0.4 is 15.4 Å². The molecule has 0 bridgehead atoms. The number of carbonyl (C=O) groups is 1. The van der Waals surface area contributed by atoms with Crippen LogP contribution >= 0.6 is 23.2 Å². The van der Waals surface area contributed by atoms with Crippen LogP contribution in [-0.2, 0) is 5.66 Å². The van der Waals surface area contributed by atoms with Crippen molar-refractivity contribution in [2.75, 3.05) is 17.2 Å². The molecule has 1 aliphatic heterocycles. The van der Waals surface area contributed by atoms with Crippen molar-refractivity contribution in [2.24, 2.45) is 11.8 Å². The van der Waals surface area contributed by atoms with Crippen molar-refractivity contribution in [3.63, 3.8) is 0 Å². The lowest BCUT2D eigenvalue weighted by molar-refractivity contribution is 0.0696. The Kier molecular flexibility index (Phi) is 7.19. The van der Waals surface area contributed by atoms with Crippen molar-refractivity contribution in [1.82, 2.24) is 0 Å². The molecule has 5 rings (SSSR count). The fourth-order valence-electron chi connectivity index (χ4n) is 5.55. The third kappa shape index (κ3) is 5.07. The van der Waals surface area contributed by atoms with Gasteiger partial charge in [-0.2, -0.15) is 0 Å². The number of rotatable bonds is 7. The minimum Gasteiger partial charge on any atom is -0.492 e. The van der Waals surface area contributed by atoms with Crippen LogP contribution in [0, 0.1) is 23.5 Å². The molecule has 0 radical (unpaired) electrons. The summed E-state index contributed by atoms with van der Waals surface area (Å²) < 4.78 is 34.6. The molecular formula is C28H26Cl2F2N2O3. The fraction of sp³-hybridized carbons (Fsp3) is 0.321. The first-order chi connectivity index (χ1) is 17.8. The first-order valence-electron chi connectivity index (χ1n) is 12.2. The van der Waals surface area contributed by atoms with Crippen LogP contribution in [0.2, 0.25) is 10.0 Å². The maximum absolute atomic E-state index is 14.2. The summed E-state index contributed by atoms with van der Waals surface area (Å²) >= 11 is 12.6. The molecule has 3 aromatic carbocycles. The average molecular weight is 547 g/mol. The van der Waals surface area contributed by atoms with Gasteiger partial charge in [0.05, 0.1) is 28.6 Å². The van der Waals surface area contributed by atoms with Gasteiger partial charge in [-0.15, -0.1) is 0 Å². The van der Waals surface area contributed by atoms with Gasteiger partial charge in [-0.3, -0.25) is 0 Å². The lowest BCUT2D eigenvalue weighted by Gasteiger charge is -2.44. The first-order valence-corrected chi connectivity index (χ1v) is 13.0. The topological polar surface area (TPSA) is 70.6 Å². The molecule has 0 amide bonds. The number of carboxylic acid groups (broad SMARTS) is 1. The second-order valence-electron chi connectivity index (χ2n) is 9.64. The van der Waals surface area contributed by atoms with Crippen molar-refractivity contribution < 1.29 is 23.4 Å². The maximum atomic E-state index is 14.2. The summed E-state index contributed by atoms with van der Waals surface area (Å²) in [6, 6.07) is 14.0. The van der Waals surface area contributed by atoms with Crippen LogP contribution in [0.25, 0.3) is 0 Å². The molecule has 1 aliphatic carbocycles. The molecule has 0 spiro atoms. The number of fused-ring (bicyclic) bond motifs is 1. The molecule has 1 atom stereocenters. The highest BCUT2D eigenvalue weighted by molar-refractivity contribution is 6.32. The van der Waals surface area contributed by atoms with Crippen LogP contribution in [0.3, 0.4) is 0 Å². The molecule has 1 heterocycles. The van der Waals surface area contributed by atoms with Gasteiger partial charge in [0, 0.05) is 23.1 Å². The Morgan fingerprint density at radius 1 is 0.973 bits per heavy atom.